The number of hydrogen-bond donors (Lipinski definition) is 1. The number of esters is 1. The van der Waals surface area contributed by atoms with E-state index in [4.69, 9.17) is 4.74 Å². The predicted molar refractivity (Wildman–Crippen MR) is 111 cm³/mol. The molecule has 0 fully saturated rings. The minimum atomic E-state index is -0.580. The standard InChI is InChI=1S/C21H24N2O4S/c1-4-23(5-2)21(26)16-6-8-17(9-7-16)22-19(24)14-27-20(25)11-10-18-15(3)12-13-28-18/h6-13H,4-5,14H2,1-3H3,(H,22,24)/b11-10+. The van der Waals surface area contributed by atoms with E-state index in [1.165, 1.54) is 17.4 Å². The summed E-state index contributed by atoms with van der Waals surface area (Å²) in [6, 6.07) is 8.58. The van der Waals surface area contributed by atoms with Gasteiger partial charge in [0.1, 0.15) is 0 Å². The molecule has 2 amide bonds. The third kappa shape index (κ3) is 6.06. The largest absolute Gasteiger partial charge is 0.452 e. The fourth-order valence-corrected chi connectivity index (χ4v) is 3.29. The van der Waals surface area contributed by atoms with Gasteiger partial charge in [-0.3, -0.25) is 9.59 Å². The number of aryl methyl sites for hydroxylation is 1. The molecule has 28 heavy (non-hydrogen) atoms. The monoisotopic (exact) mass is 400 g/mol. The third-order valence-electron chi connectivity index (χ3n) is 4.08. The van der Waals surface area contributed by atoms with Crippen molar-refractivity contribution in [1.29, 1.82) is 0 Å². The van der Waals surface area contributed by atoms with Crippen LogP contribution < -0.4 is 5.32 Å². The summed E-state index contributed by atoms with van der Waals surface area (Å²) in [7, 11) is 0. The van der Waals surface area contributed by atoms with Crippen molar-refractivity contribution in [3.63, 3.8) is 0 Å². The molecule has 1 heterocycles. The molecule has 2 aromatic rings. The quantitative estimate of drug-likeness (QED) is 0.541. The number of hydrogen-bond acceptors (Lipinski definition) is 5. The molecule has 1 aromatic carbocycles. The van der Waals surface area contributed by atoms with Crippen molar-refractivity contribution in [1.82, 2.24) is 4.90 Å². The van der Waals surface area contributed by atoms with E-state index in [2.05, 4.69) is 5.32 Å². The fraction of sp³-hybridized carbons (Fsp3) is 0.286. The van der Waals surface area contributed by atoms with Crippen molar-refractivity contribution in [2.75, 3.05) is 25.0 Å². The Labute approximate surface area is 168 Å². The van der Waals surface area contributed by atoms with Gasteiger partial charge in [-0.05, 0) is 68.1 Å². The van der Waals surface area contributed by atoms with Crippen LogP contribution in [0.1, 0.15) is 34.6 Å². The number of nitrogens with one attached hydrogen (secondary N) is 1. The molecule has 0 aliphatic heterocycles. The number of carbonyl (C=O) groups is 3. The maximum atomic E-state index is 12.3. The van der Waals surface area contributed by atoms with E-state index in [1.54, 1.807) is 35.2 Å². The summed E-state index contributed by atoms with van der Waals surface area (Å²) in [5, 5.41) is 4.58. The first kappa shape index (κ1) is 21.4. The van der Waals surface area contributed by atoms with Crippen molar-refractivity contribution in [3.8, 4) is 0 Å². The number of rotatable bonds is 8. The predicted octanol–water partition coefficient (Wildman–Crippen LogP) is 3.73. The smallest absolute Gasteiger partial charge is 0.331 e. The van der Waals surface area contributed by atoms with Gasteiger partial charge in [-0.1, -0.05) is 0 Å². The summed E-state index contributed by atoms with van der Waals surface area (Å²) in [6.07, 6.45) is 2.98. The van der Waals surface area contributed by atoms with Crippen LogP contribution in [0, 0.1) is 6.92 Å². The summed E-state index contributed by atoms with van der Waals surface area (Å²) in [5.74, 6) is -1.08. The number of thiophene rings is 1. The highest BCUT2D eigenvalue weighted by Crippen LogP contribution is 2.17. The highest BCUT2D eigenvalue weighted by atomic mass is 32.1. The SMILES string of the molecule is CCN(CC)C(=O)c1ccc(NC(=O)COC(=O)/C=C/c2sccc2C)cc1. The Balaban J connectivity index is 1.82. The number of anilines is 1. The molecule has 0 aliphatic carbocycles. The van der Waals surface area contributed by atoms with Gasteiger partial charge in [0.25, 0.3) is 11.8 Å². The average Bonchev–Trinajstić information content (AvgIpc) is 3.11. The van der Waals surface area contributed by atoms with Gasteiger partial charge in [-0.2, -0.15) is 0 Å². The van der Waals surface area contributed by atoms with Crippen LogP contribution in [0.25, 0.3) is 6.08 Å². The minimum absolute atomic E-state index is 0.0513. The van der Waals surface area contributed by atoms with E-state index < -0.39 is 11.9 Å². The lowest BCUT2D eigenvalue weighted by atomic mass is 10.2. The average molecular weight is 401 g/mol. The molecule has 0 bridgehead atoms. The second-order valence-electron chi connectivity index (χ2n) is 6.01. The Morgan fingerprint density at radius 1 is 1.11 bits per heavy atom. The number of amides is 2. The zero-order valence-electron chi connectivity index (χ0n) is 16.2. The van der Waals surface area contributed by atoms with Crippen LogP contribution in [-0.4, -0.2) is 42.4 Å². The van der Waals surface area contributed by atoms with E-state index in [1.807, 2.05) is 32.2 Å². The second-order valence-corrected chi connectivity index (χ2v) is 6.96. The molecule has 148 valence electrons. The number of benzene rings is 1. The highest BCUT2D eigenvalue weighted by Gasteiger charge is 2.12. The topological polar surface area (TPSA) is 75.7 Å². The van der Waals surface area contributed by atoms with Crippen LogP contribution >= 0.6 is 11.3 Å². The summed E-state index contributed by atoms with van der Waals surface area (Å²) >= 11 is 1.52. The van der Waals surface area contributed by atoms with Gasteiger partial charge < -0.3 is 15.0 Å². The zero-order valence-corrected chi connectivity index (χ0v) is 17.0. The maximum Gasteiger partial charge on any atom is 0.331 e. The molecular weight excluding hydrogens is 376 g/mol. The van der Waals surface area contributed by atoms with Gasteiger partial charge in [-0.25, -0.2) is 4.79 Å². The molecule has 1 aromatic heterocycles. The van der Waals surface area contributed by atoms with Crippen LogP contribution in [0.5, 0.6) is 0 Å². The minimum Gasteiger partial charge on any atom is -0.452 e. The lowest BCUT2D eigenvalue weighted by Crippen LogP contribution is -2.30. The third-order valence-corrected chi connectivity index (χ3v) is 5.07. The molecule has 0 radical (unpaired) electrons. The first-order chi connectivity index (χ1) is 13.4. The van der Waals surface area contributed by atoms with E-state index in [-0.39, 0.29) is 12.5 Å². The van der Waals surface area contributed by atoms with Gasteiger partial charge >= 0.3 is 5.97 Å². The van der Waals surface area contributed by atoms with Crippen LogP contribution in [-0.2, 0) is 14.3 Å². The molecule has 6 nitrogen and oxygen atoms in total. The van der Waals surface area contributed by atoms with Crippen molar-refractivity contribution in [2.24, 2.45) is 0 Å². The van der Waals surface area contributed by atoms with Gasteiger partial charge in [0.2, 0.25) is 0 Å². The first-order valence-corrected chi connectivity index (χ1v) is 9.90. The molecular formula is C21H24N2O4S. The second kappa shape index (κ2) is 10.4. The Hall–Kier alpha value is -2.93. The fourth-order valence-electron chi connectivity index (χ4n) is 2.47. The molecule has 7 heteroatoms. The Morgan fingerprint density at radius 3 is 2.36 bits per heavy atom. The van der Waals surface area contributed by atoms with Crippen LogP contribution in [0.15, 0.2) is 41.8 Å². The van der Waals surface area contributed by atoms with Gasteiger partial charge in [0.15, 0.2) is 6.61 Å². The first-order valence-electron chi connectivity index (χ1n) is 9.02. The lowest BCUT2D eigenvalue weighted by molar-refractivity contribution is -0.142. The van der Waals surface area contributed by atoms with Crippen LogP contribution in [0.3, 0.4) is 0 Å². The molecule has 0 aliphatic rings. The van der Waals surface area contributed by atoms with Crippen LogP contribution in [0.4, 0.5) is 5.69 Å². The Bertz CT molecular complexity index is 852. The highest BCUT2D eigenvalue weighted by molar-refractivity contribution is 7.11. The molecule has 0 saturated heterocycles. The van der Waals surface area contributed by atoms with E-state index in [0.717, 1.165) is 10.4 Å². The van der Waals surface area contributed by atoms with E-state index >= 15 is 0 Å². The van der Waals surface area contributed by atoms with Gasteiger partial charge in [-0.15, -0.1) is 11.3 Å². The van der Waals surface area contributed by atoms with Crippen molar-refractivity contribution in [2.45, 2.75) is 20.8 Å². The van der Waals surface area contributed by atoms with Gasteiger partial charge in [0.05, 0.1) is 0 Å². The van der Waals surface area contributed by atoms with Crippen molar-refractivity contribution in [3.05, 3.63) is 57.8 Å². The molecule has 1 N–H and O–H groups in total. The summed E-state index contributed by atoms with van der Waals surface area (Å²) < 4.78 is 4.94. The summed E-state index contributed by atoms with van der Waals surface area (Å²) in [4.78, 5) is 38.6. The summed E-state index contributed by atoms with van der Waals surface area (Å²) in [6.45, 7) is 6.70. The number of nitrogens with zero attached hydrogens (tertiary/aromatic N) is 1. The Morgan fingerprint density at radius 2 is 1.79 bits per heavy atom. The molecule has 0 atom stereocenters. The Kier molecular flexibility index (Phi) is 7.95. The summed E-state index contributed by atoms with van der Waals surface area (Å²) in [5.41, 5.74) is 2.17. The van der Waals surface area contributed by atoms with E-state index in [9.17, 15) is 14.4 Å². The molecule has 0 saturated carbocycles. The molecule has 0 unspecified atom stereocenters. The molecule has 0 spiro atoms. The number of carbonyl (C=O) groups excluding carboxylic acids is 3. The normalized spacial score (nSPS) is 10.7. The number of ether oxygens (including phenoxy) is 1. The van der Waals surface area contributed by atoms with Crippen molar-refractivity contribution >= 4 is 40.9 Å². The van der Waals surface area contributed by atoms with E-state index in [0.29, 0.717) is 24.3 Å². The zero-order chi connectivity index (χ0) is 20.5. The van der Waals surface area contributed by atoms with Crippen molar-refractivity contribution < 1.29 is 19.1 Å². The van der Waals surface area contributed by atoms with Gasteiger partial charge in [0, 0.05) is 35.3 Å². The van der Waals surface area contributed by atoms with Crippen LogP contribution in [0.2, 0.25) is 0 Å². The molecule has 2 rings (SSSR count). The lowest BCUT2D eigenvalue weighted by Gasteiger charge is -2.18. The maximum absolute atomic E-state index is 12.3.